The Morgan fingerprint density at radius 2 is 1.83 bits per heavy atom. The second kappa shape index (κ2) is 9.63. The van der Waals surface area contributed by atoms with E-state index in [2.05, 4.69) is 20.7 Å². The van der Waals surface area contributed by atoms with Crippen molar-refractivity contribution in [2.24, 2.45) is 5.73 Å². The smallest absolute Gasteiger partial charge is 0.327 e. The molecule has 6 N–H and O–H groups in total. The number of nitrogens with two attached hydrogens (primary N) is 1. The second-order valence-electron chi connectivity index (χ2n) is 8.75. The number of urea groups is 1. The number of piperidine rings is 1. The quantitative estimate of drug-likeness (QED) is 0.402. The normalized spacial score (nSPS) is 20.6. The van der Waals surface area contributed by atoms with Gasteiger partial charge in [-0.15, -0.1) is 0 Å². The van der Waals surface area contributed by atoms with Gasteiger partial charge in [-0.3, -0.25) is 4.90 Å². The molecule has 3 aliphatic heterocycles. The maximum absolute atomic E-state index is 12.9. The number of carbonyl (C=O) groups is 1. The van der Waals surface area contributed by atoms with Crippen molar-refractivity contribution in [2.45, 2.75) is 36.5 Å². The number of nitrogens with zero attached hydrogens (tertiary/aromatic N) is 1. The highest BCUT2D eigenvalue weighted by atomic mass is 35.5. The fourth-order valence-corrected chi connectivity index (χ4v) is 6.27. The minimum atomic E-state index is -3.73. The number of anilines is 1. The van der Waals surface area contributed by atoms with Gasteiger partial charge in [-0.25, -0.2) is 17.9 Å². The van der Waals surface area contributed by atoms with E-state index in [0.29, 0.717) is 6.54 Å². The molecule has 3 heterocycles. The van der Waals surface area contributed by atoms with Crippen molar-refractivity contribution in [1.29, 1.82) is 0 Å². The number of amides is 2. The van der Waals surface area contributed by atoms with Crippen LogP contribution in [0.3, 0.4) is 0 Å². The topological polar surface area (TPSA) is 129 Å². The summed E-state index contributed by atoms with van der Waals surface area (Å²) in [5.41, 5.74) is 9.69. The van der Waals surface area contributed by atoms with E-state index in [1.807, 2.05) is 30.3 Å². The average molecular weight is 515 g/mol. The molecule has 184 valence electrons. The van der Waals surface area contributed by atoms with Gasteiger partial charge in [-0.1, -0.05) is 29.8 Å². The highest BCUT2D eigenvalue weighted by Crippen LogP contribution is 2.31. The molecule has 0 bridgehead atoms. The summed E-state index contributed by atoms with van der Waals surface area (Å²) in [6, 6.07) is 12.0. The summed E-state index contributed by atoms with van der Waals surface area (Å²) < 4.78 is 28.5. The Morgan fingerprint density at radius 3 is 2.51 bits per heavy atom. The Hall–Kier alpha value is -2.89. The van der Waals surface area contributed by atoms with Gasteiger partial charge in [-0.2, -0.15) is 0 Å². The number of fused-ring (bicyclic) bond motifs is 1. The molecule has 11 heteroatoms. The third-order valence-corrected chi connectivity index (χ3v) is 8.36. The highest BCUT2D eigenvalue weighted by Gasteiger charge is 2.32. The van der Waals surface area contributed by atoms with Gasteiger partial charge in [-0.05, 0) is 67.4 Å². The summed E-state index contributed by atoms with van der Waals surface area (Å²) >= 11 is 6.43. The molecule has 9 nitrogen and oxygen atoms in total. The molecule has 35 heavy (non-hydrogen) atoms. The molecule has 0 spiro atoms. The molecular weight excluding hydrogens is 488 g/mol. The van der Waals surface area contributed by atoms with Crippen LogP contribution in [-0.2, 0) is 16.6 Å². The third-order valence-electron chi connectivity index (χ3n) is 6.35. The zero-order valence-corrected chi connectivity index (χ0v) is 20.5. The van der Waals surface area contributed by atoms with E-state index in [9.17, 15) is 13.2 Å². The molecule has 2 aromatic rings. The molecule has 0 aliphatic carbocycles. The van der Waals surface area contributed by atoms with Crippen LogP contribution in [0, 0.1) is 0 Å². The number of nitrogens with one attached hydrogen (secondary N) is 4. The summed E-state index contributed by atoms with van der Waals surface area (Å²) in [5.74, 6) is 0. The molecule has 1 unspecified atom stereocenters. The van der Waals surface area contributed by atoms with Crippen molar-refractivity contribution in [3.8, 4) is 0 Å². The molecule has 5 rings (SSSR count). The van der Waals surface area contributed by atoms with Crippen molar-refractivity contribution in [3.63, 3.8) is 0 Å². The predicted octanol–water partition coefficient (Wildman–Crippen LogP) is 2.21. The summed E-state index contributed by atoms with van der Waals surface area (Å²) in [4.78, 5) is 14.3. The van der Waals surface area contributed by atoms with Gasteiger partial charge in [0.25, 0.3) is 0 Å². The van der Waals surface area contributed by atoms with Crippen LogP contribution in [0.25, 0.3) is 5.70 Å². The Balaban J connectivity index is 1.36. The molecule has 0 aromatic heterocycles. The van der Waals surface area contributed by atoms with Crippen molar-refractivity contribution < 1.29 is 13.2 Å². The van der Waals surface area contributed by atoms with Gasteiger partial charge < -0.3 is 21.7 Å². The molecule has 1 fully saturated rings. The van der Waals surface area contributed by atoms with Crippen LogP contribution >= 0.6 is 11.6 Å². The maximum atomic E-state index is 12.9. The number of rotatable bonds is 6. The lowest BCUT2D eigenvalue weighted by molar-refractivity contribution is 0.244. The first kappa shape index (κ1) is 23.8. The Kier molecular flexibility index (Phi) is 6.56. The van der Waals surface area contributed by atoms with E-state index in [-0.39, 0.29) is 28.2 Å². The van der Waals surface area contributed by atoms with Gasteiger partial charge >= 0.3 is 6.03 Å². The van der Waals surface area contributed by atoms with Crippen LogP contribution in [0.2, 0.25) is 5.02 Å². The second-order valence-corrected chi connectivity index (χ2v) is 10.8. The first-order valence-corrected chi connectivity index (χ1v) is 13.3. The fourth-order valence-electron chi connectivity index (χ4n) is 4.42. The van der Waals surface area contributed by atoms with Crippen molar-refractivity contribution in [1.82, 2.24) is 20.7 Å². The summed E-state index contributed by atoms with van der Waals surface area (Å²) in [5, 5.41) is 9.56. The fraction of sp³-hybridized carbons (Fsp3) is 0.292. The largest absolute Gasteiger partial charge is 0.361 e. The van der Waals surface area contributed by atoms with Crippen molar-refractivity contribution >= 4 is 39.0 Å². The van der Waals surface area contributed by atoms with Crippen LogP contribution in [0.4, 0.5) is 10.5 Å². The molecule has 2 amide bonds. The van der Waals surface area contributed by atoms with E-state index in [4.69, 9.17) is 17.3 Å². The first-order chi connectivity index (χ1) is 16.8. The van der Waals surface area contributed by atoms with E-state index in [1.165, 1.54) is 6.07 Å². The number of hydrogen-bond donors (Lipinski definition) is 5. The van der Waals surface area contributed by atoms with Crippen molar-refractivity contribution in [2.75, 3.05) is 18.0 Å². The van der Waals surface area contributed by atoms with Gasteiger partial charge in [0, 0.05) is 30.1 Å². The number of benzene rings is 2. The van der Waals surface area contributed by atoms with E-state index in [0.717, 1.165) is 54.0 Å². The molecule has 0 saturated carbocycles. The van der Waals surface area contributed by atoms with Crippen LogP contribution < -0.4 is 31.3 Å². The summed E-state index contributed by atoms with van der Waals surface area (Å²) in [6.45, 7) is 2.00. The number of hydrogen-bond acceptors (Lipinski definition) is 6. The zero-order chi connectivity index (χ0) is 24.6. The maximum Gasteiger partial charge on any atom is 0.327 e. The van der Waals surface area contributed by atoms with Crippen molar-refractivity contribution in [3.05, 3.63) is 76.5 Å². The predicted molar refractivity (Wildman–Crippen MR) is 136 cm³/mol. The zero-order valence-electron chi connectivity index (χ0n) is 18.9. The number of halogens is 1. The van der Waals surface area contributed by atoms with E-state index < -0.39 is 10.0 Å². The lowest BCUT2D eigenvalue weighted by Crippen LogP contribution is -2.51. The Labute approximate surface area is 209 Å². The average Bonchev–Trinajstić information content (AvgIpc) is 3.26. The molecule has 1 atom stereocenters. The van der Waals surface area contributed by atoms with Crippen LogP contribution in [0.15, 0.2) is 65.2 Å². The molecule has 1 saturated heterocycles. The molecular formula is C24H27ClN6O3S. The van der Waals surface area contributed by atoms with Gasteiger partial charge in [0.1, 0.15) is 11.1 Å². The molecule has 3 aliphatic rings. The molecule has 0 radical (unpaired) electrons. The Bertz CT molecular complexity index is 1300. The number of carbonyl (C=O) groups excluding carboxylic acids is 1. The van der Waals surface area contributed by atoms with Crippen LogP contribution in [0.5, 0.6) is 0 Å². The third kappa shape index (κ3) is 4.93. The summed E-state index contributed by atoms with van der Waals surface area (Å²) in [7, 11) is -3.73. The van der Waals surface area contributed by atoms with Gasteiger partial charge in [0.05, 0.1) is 10.7 Å². The minimum Gasteiger partial charge on any atom is -0.361 e. The SMILES string of the molecule is NCc1ccc(N2C=C3C=C(c4ccc(S(=O)(=O)NC5CCNCC5)c(Cl)c4)NC3NC2=O)cc1. The number of sulfonamides is 1. The van der Waals surface area contributed by atoms with Crippen LogP contribution in [0.1, 0.15) is 24.0 Å². The Morgan fingerprint density at radius 1 is 1.09 bits per heavy atom. The lowest BCUT2D eigenvalue weighted by Gasteiger charge is -2.29. The molecule has 2 aromatic carbocycles. The van der Waals surface area contributed by atoms with Crippen LogP contribution in [-0.4, -0.2) is 39.7 Å². The highest BCUT2D eigenvalue weighted by molar-refractivity contribution is 7.89. The summed E-state index contributed by atoms with van der Waals surface area (Å²) in [6.07, 6.45) is 4.79. The lowest BCUT2D eigenvalue weighted by atomic mass is 10.1. The first-order valence-electron chi connectivity index (χ1n) is 11.5. The monoisotopic (exact) mass is 514 g/mol. The van der Waals surface area contributed by atoms with E-state index >= 15 is 0 Å². The van der Waals surface area contributed by atoms with Gasteiger partial charge in [0.2, 0.25) is 10.0 Å². The van der Waals surface area contributed by atoms with Gasteiger partial charge in [0.15, 0.2) is 0 Å². The van der Waals surface area contributed by atoms with E-state index in [1.54, 1.807) is 23.2 Å². The standard InChI is InChI=1S/C24H27ClN6O3S/c25-20-11-16(3-6-22(20)35(33,34)30-18-7-9-27-10-8-18)21-12-17-14-31(24(32)29-23(17)28-21)19-4-1-15(13-26)2-5-19/h1-6,11-12,14,18,23,27-28,30H,7-10,13,26H2,(H,29,32). The minimum absolute atomic E-state index is 0.0529.